The third-order valence-electron chi connectivity index (χ3n) is 4.24. The van der Waals surface area contributed by atoms with Gasteiger partial charge in [-0.2, -0.15) is 0 Å². The molecular formula is C22H21N3O3. The van der Waals surface area contributed by atoms with Gasteiger partial charge < -0.3 is 15.4 Å². The van der Waals surface area contributed by atoms with Gasteiger partial charge in [0.05, 0.1) is 30.2 Å². The Morgan fingerprint density at radius 2 is 1.75 bits per heavy atom. The lowest BCUT2D eigenvalue weighted by Gasteiger charge is -2.11. The number of pyridine rings is 1. The van der Waals surface area contributed by atoms with E-state index in [1.165, 1.54) is 12.7 Å². The monoisotopic (exact) mass is 375 g/mol. The zero-order chi connectivity index (χ0) is 20.1. The lowest BCUT2D eigenvalue weighted by molar-refractivity contribution is 0.0602. The first-order valence-corrected chi connectivity index (χ1v) is 8.77. The van der Waals surface area contributed by atoms with Crippen LogP contribution in [-0.2, 0) is 4.74 Å². The van der Waals surface area contributed by atoms with Crippen LogP contribution in [0.5, 0.6) is 0 Å². The molecule has 0 radical (unpaired) electrons. The number of carbonyl (C=O) groups is 2. The van der Waals surface area contributed by atoms with Crippen molar-refractivity contribution in [2.24, 2.45) is 0 Å². The number of para-hydroxylation sites is 1. The van der Waals surface area contributed by atoms with Crippen molar-refractivity contribution in [2.75, 3.05) is 17.7 Å². The maximum atomic E-state index is 12.5. The minimum Gasteiger partial charge on any atom is -0.465 e. The molecule has 6 heteroatoms. The highest BCUT2D eigenvalue weighted by Gasteiger charge is 2.15. The van der Waals surface area contributed by atoms with Crippen LogP contribution >= 0.6 is 0 Å². The summed E-state index contributed by atoms with van der Waals surface area (Å²) in [7, 11) is 1.30. The molecule has 0 unspecified atom stereocenters. The first kappa shape index (κ1) is 19.1. The van der Waals surface area contributed by atoms with E-state index in [0.717, 1.165) is 16.9 Å². The fourth-order valence-corrected chi connectivity index (χ4v) is 2.78. The second-order valence-electron chi connectivity index (χ2n) is 6.37. The normalized spacial score (nSPS) is 10.2. The number of hydrogen-bond donors (Lipinski definition) is 2. The molecule has 1 heterocycles. The molecule has 2 N–H and O–H groups in total. The quantitative estimate of drug-likeness (QED) is 0.643. The minimum atomic E-state index is -0.517. The molecule has 3 rings (SSSR count). The Balaban J connectivity index is 1.73. The molecule has 0 fully saturated rings. The second-order valence-corrected chi connectivity index (χ2v) is 6.37. The molecule has 0 saturated heterocycles. The van der Waals surface area contributed by atoms with E-state index in [9.17, 15) is 9.59 Å². The predicted molar refractivity (Wildman–Crippen MR) is 109 cm³/mol. The van der Waals surface area contributed by atoms with Crippen molar-refractivity contribution in [3.05, 3.63) is 83.2 Å². The smallest absolute Gasteiger partial charge is 0.339 e. The highest BCUT2D eigenvalue weighted by atomic mass is 16.5. The van der Waals surface area contributed by atoms with E-state index in [-0.39, 0.29) is 11.3 Å². The average Bonchev–Trinajstić information content (AvgIpc) is 2.70. The largest absolute Gasteiger partial charge is 0.465 e. The Morgan fingerprint density at radius 3 is 2.43 bits per heavy atom. The van der Waals surface area contributed by atoms with E-state index in [1.807, 2.05) is 26.0 Å². The number of aromatic nitrogens is 1. The number of hydrogen-bond acceptors (Lipinski definition) is 5. The maximum Gasteiger partial charge on any atom is 0.339 e. The molecule has 0 aliphatic heterocycles. The van der Waals surface area contributed by atoms with Crippen LogP contribution in [0.4, 0.5) is 17.1 Å². The molecule has 0 aliphatic carbocycles. The Bertz CT molecular complexity index is 1010. The Morgan fingerprint density at radius 1 is 0.964 bits per heavy atom. The summed E-state index contributed by atoms with van der Waals surface area (Å²) in [6, 6.07) is 16.2. The molecule has 142 valence electrons. The number of ether oxygens (including phenoxy) is 1. The Labute approximate surface area is 163 Å². The molecular weight excluding hydrogens is 354 g/mol. The van der Waals surface area contributed by atoms with E-state index in [2.05, 4.69) is 21.7 Å². The summed E-state index contributed by atoms with van der Waals surface area (Å²) in [6.45, 7) is 4.08. The Kier molecular flexibility index (Phi) is 5.69. The average molecular weight is 375 g/mol. The number of carbonyl (C=O) groups excluding carboxylic acids is 2. The van der Waals surface area contributed by atoms with Crippen molar-refractivity contribution in [2.45, 2.75) is 13.8 Å². The number of aryl methyl sites for hydroxylation is 2. The van der Waals surface area contributed by atoms with Crippen LogP contribution in [0.2, 0.25) is 0 Å². The predicted octanol–water partition coefficient (Wildman–Crippen LogP) is 4.48. The van der Waals surface area contributed by atoms with E-state index >= 15 is 0 Å². The summed E-state index contributed by atoms with van der Waals surface area (Å²) >= 11 is 0. The van der Waals surface area contributed by atoms with Gasteiger partial charge in [0.25, 0.3) is 5.91 Å². The standard InChI is InChI=1S/C22H21N3O3/c1-14-8-10-18(15(2)12-14)24-16-9-11-20(23-13-16)21(26)25-19-7-5-4-6-17(19)22(27)28-3/h4-13,24H,1-3H3,(H,25,26). The van der Waals surface area contributed by atoms with Gasteiger partial charge in [-0.15, -0.1) is 0 Å². The second kappa shape index (κ2) is 8.35. The fraction of sp³-hybridized carbons (Fsp3) is 0.136. The summed E-state index contributed by atoms with van der Waals surface area (Å²) in [5, 5.41) is 6.00. The van der Waals surface area contributed by atoms with Gasteiger partial charge in [-0.05, 0) is 49.7 Å². The van der Waals surface area contributed by atoms with Crippen molar-refractivity contribution >= 4 is 28.9 Å². The topological polar surface area (TPSA) is 80.3 Å². The third kappa shape index (κ3) is 4.35. The van der Waals surface area contributed by atoms with E-state index in [4.69, 9.17) is 4.74 Å². The summed E-state index contributed by atoms with van der Waals surface area (Å²) in [4.78, 5) is 28.5. The molecule has 0 aliphatic rings. The number of nitrogens with one attached hydrogen (secondary N) is 2. The maximum absolute atomic E-state index is 12.5. The van der Waals surface area contributed by atoms with E-state index in [0.29, 0.717) is 5.69 Å². The molecule has 0 bridgehead atoms. The van der Waals surface area contributed by atoms with Gasteiger partial charge in [0, 0.05) is 5.69 Å². The number of benzene rings is 2. The number of nitrogens with zero attached hydrogens (tertiary/aromatic N) is 1. The van der Waals surface area contributed by atoms with Gasteiger partial charge >= 0.3 is 5.97 Å². The summed E-state index contributed by atoms with van der Waals surface area (Å²) in [5.74, 6) is -0.925. The molecule has 28 heavy (non-hydrogen) atoms. The third-order valence-corrected chi connectivity index (χ3v) is 4.24. The van der Waals surface area contributed by atoms with E-state index in [1.54, 1.807) is 42.6 Å². The highest BCUT2D eigenvalue weighted by molar-refractivity contribution is 6.07. The number of anilines is 3. The van der Waals surface area contributed by atoms with Gasteiger partial charge in [0.2, 0.25) is 0 Å². The molecule has 0 atom stereocenters. The molecule has 1 aromatic heterocycles. The zero-order valence-corrected chi connectivity index (χ0v) is 15.9. The van der Waals surface area contributed by atoms with Crippen LogP contribution in [-0.4, -0.2) is 24.0 Å². The number of methoxy groups -OCH3 is 1. The van der Waals surface area contributed by atoms with Gasteiger partial charge in [-0.1, -0.05) is 29.8 Å². The van der Waals surface area contributed by atoms with Crippen LogP contribution in [0, 0.1) is 13.8 Å². The van der Waals surface area contributed by atoms with Crippen LogP contribution in [0.25, 0.3) is 0 Å². The van der Waals surface area contributed by atoms with Crippen LogP contribution in [0.3, 0.4) is 0 Å². The van der Waals surface area contributed by atoms with Gasteiger partial charge in [0.15, 0.2) is 0 Å². The number of amides is 1. The molecule has 2 aromatic carbocycles. The summed E-state index contributed by atoms with van der Waals surface area (Å²) < 4.78 is 4.74. The molecule has 6 nitrogen and oxygen atoms in total. The summed E-state index contributed by atoms with van der Waals surface area (Å²) in [5.41, 5.74) is 4.98. The first-order chi connectivity index (χ1) is 13.5. The lowest BCUT2D eigenvalue weighted by atomic mass is 10.1. The fourth-order valence-electron chi connectivity index (χ4n) is 2.78. The minimum absolute atomic E-state index is 0.242. The summed E-state index contributed by atoms with van der Waals surface area (Å²) in [6.07, 6.45) is 1.60. The van der Waals surface area contributed by atoms with Gasteiger partial charge in [0.1, 0.15) is 5.69 Å². The van der Waals surface area contributed by atoms with E-state index < -0.39 is 11.9 Å². The van der Waals surface area contributed by atoms with Crippen LogP contribution in [0.1, 0.15) is 32.0 Å². The number of rotatable bonds is 5. The first-order valence-electron chi connectivity index (χ1n) is 8.77. The van der Waals surface area contributed by atoms with Crippen molar-refractivity contribution in [3.63, 3.8) is 0 Å². The lowest BCUT2D eigenvalue weighted by Crippen LogP contribution is -2.16. The van der Waals surface area contributed by atoms with Gasteiger partial charge in [-0.3, -0.25) is 4.79 Å². The number of esters is 1. The van der Waals surface area contributed by atoms with Crippen molar-refractivity contribution < 1.29 is 14.3 Å². The Hall–Kier alpha value is -3.67. The zero-order valence-electron chi connectivity index (χ0n) is 15.9. The van der Waals surface area contributed by atoms with Crippen LogP contribution in [0.15, 0.2) is 60.8 Å². The molecule has 0 spiro atoms. The molecule has 0 saturated carbocycles. The molecule has 3 aromatic rings. The van der Waals surface area contributed by atoms with Crippen molar-refractivity contribution in [3.8, 4) is 0 Å². The van der Waals surface area contributed by atoms with Crippen molar-refractivity contribution in [1.82, 2.24) is 4.98 Å². The molecule has 1 amide bonds. The van der Waals surface area contributed by atoms with Gasteiger partial charge in [-0.25, -0.2) is 9.78 Å². The van der Waals surface area contributed by atoms with Crippen LogP contribution < -0.4 is 10.6 Å². The SMILES string of the molecule is COC(=O)c1ccccc1NC(=O)c1ccc(Nc2ccc(C)cc2C)cn1. The van der Waals surface area contributed by atoms with Crippen molar-refractivity contribution in [1.29, 1.82) is 0 Å². The highest BCUT2D eigenvalue weighted by Crippen LogP contribution is 2.21.